The molecule has 1 saturated heterocycles. The summed E-state index contributed by atoms with van der Waals surface area (Å²) in [6, 6.07) is 43.5. The Kier molecular flexibility index (Phi) is 7.01. The molecule has 1 heterocycles. The molecule has 1 aliphatic rings. The first-order valence-electron chi connectivity index (χ1n) is 12.6. The van der Waals surface area contributed by atoms with E-state index in [-0.39, 0.29) is 16.9 Å². The fourth-order valence-corrected chi connectivity index (χ4v) is 10.4. The minimum atomic E-state index is -2.14. The van der Waals surface area contributed by atoms with Crippen LogP contribution in [-0.2, 0) is 21.1 Å². The van der Waals surface area contributed by atoms with E-state index < -0.39 is 8.07 Å². The van der Waals surface area contributed by atoms with Gasteiger partial charge in [-0.05, 0) is 28.7 Å². The Morgan fingerprint density at radius 2 is 1.09 bits per heavy atom. The van der Waals surface area contributed by atoms with E-state index in [2.05, 4.69) is 128 Å². The Morgan fingerprint density at radius 3 is 1.51 bits per heavy atom. The quantitative estimate of drug-likeness (QED) is 0.187. The van der Waals surface area contributed by atoms with E-state index in [1.165, 1.54) is 22.3 Å². The second kappa shape index (κ2) is 10.3. The summed E-state index contributed by atoms with van der Waals surface area (Å²) in [5, 5.41) is -0.225. The lowest BCUT2D eigenvalue weighted by atomic mass is 9.83. The molecule has 5 rings (SSSR count). The van der Waals surface area contributed by atoms with Crippen LogP contribution < -0.4 is 0 Å². The number of benzene rings is 4. The summed E-state index contributed by atoms with van der Waals surface area (Å²) in [6.07, 6.45) is 1.21. The first kappa shape index (κ1) is 23.7. The molecule has 1 fully saturated rings. The molecule has 0 bridgehead atoms. The summed E-state index contributed by atoms with van der Waals surface area (Å²) in [7, 11) is -2.14. The van der Waals surface area contributed by atoms with E-state index in [1.54, 1.807) is 0 Å². The third kappa shape index (κ3) is 4.52. The molecule has 0 spiro atoms. The fourth-order valence-electron chi connectivity index (χ4n) is 5.84. The van der Waals surface area contributed by atoms with E-state index in [1.807, 2.05) is 6.07 Å². The van der Waals surface area contributed by atoms with Crippen molar-refractivity contribution in [3.8, 4) is 0 Å². The highest BCUT2D eigenvalue weighted by Crippen LogP contribution is 2.50. The van der Waals surface area contributed by atoms with Crippen LogP contribution in [0.2, 0.25) is 13.1 Å². The number of rotatable bonds is 9. The summed E-state index contributed by atoms with van der Waals surface area (Å²) in [5.74, 6) is 0. The number of hydrogen-bond donors (Lipinski definition) is 0. The van der Waals surface area contributed by atoms with Crippen LogP contribution >= 0.6 is 0 Å². The van der Waals surface area contributed by atoms with Gasteiger partial charge in [-0.25, -0.2) is 0 Å². The SMILES string of the molecule is C[Si](C)([C@H]1C[C@@H](COCc2ccccc2)O1)C(c1ccccc1)(c1ccccc1)c1ccccc1. The zero-order chi connectivity index (χ0) is 24.1. The van der Waals surface area contributed by atoms with Crippen molar-refractivity contribution in [3.05, 3.63) is 144 Å². The zero-order valence-electron chi connectivity index (χ0n) is 20.6. The van der Waals surface area contributed by atoms with E-state index in [0.29, 0.717) is 13.2 Å². The standard InChI is InChI=1S/C32H34O2Si/c1-35(2,31-23-30(34-31)25-33-24-26-15-7-3-8-16-26)32(27-17-9-4-10-18-27,28-19-11-5-12-20-28)29-21-13-6-14-22-29/h3-22,30-31H,23-25H2,1-2H3/t30-,31-/m0/s1. The second-order valence-electron chi connectivity index (χ2n) is 10.1. The highest BCUT2D eigenvalue weighted by molar-refractivity contribution is 6.83. The molecule has 4 aromatic carbocycles. The Labute approximate surface area is 210 Å². The van der Waals surface area contributed by atoms with Gasteiger partial charge in [0.05, 0.1) is 25.0 Å². The maximum absolute atomic E-state index is 6.65. The van der Waals surface area contributed by atoms with Gasteiger partial charge in [-0.2, -0.15) is 0 Å². The van der Waals surface area contributed by atoms with Crippen molar-refractivity contribution in [1.82, 2.24) is 0 Å². The summed E-state index contributed by atoms with van der Waals surface area (Å²) in [6.45, 7) is 6.29. The largest absolute Gasteiger partial charge is 0.376 e. The topological polar surface area (TPSA) is 18.5 Å². The molecule has 0 amide bonds. The highest BCUT2D eigenvalue weighted by Gasteiger charge is 2.58. The molecular weight excluding hydrogens is 444 g/mol. The molecule has 1 aliphatic heterocycles. The van der Waals surface area contributed by atoms with E-state index in [9.17, 15) is 0 Å². The van der Waals surface area contributed by atoms with Crippen LogP contribution in [0.1, 0.15) is 28.7 Å². The minimum Gasteiger partial charge on any atom is -0.376 e. The summed E-state index contributed by atoms with van der Waals surface area (Å²) in [5.41, 5.74) is 5.49. The van der Waals surface area contributed by atoms with E-state index in [0.717, 1.165) is 6.42 Å². The van der Waals surface area contributed by atoms with Crippen LogP contribution in [0.3, 0.4) is 0 Å². The minimum absolute atomic E-state index is 0.163. The lowest BCUT2D eigenvalue weighted by molar-refractivity contribution is -0.124. The molecule has 0 aromatic heterocycles. The molecule has 3 heteroatoms. The lowest BCUT2D eigenvalue weighted by Crippen LogP contribution is -2.66. The van der Waals surface area contributed by atoms with Gasteiger partial charge >= 0.3 is 0 Å². The molecule has 0 saturated carbocycles. The molecule has 0 N–H and O–H groups in total. The van der Waals surface area contributed by atoms with Gasteiger partial charge in [-0.3, -0.25) is 0 Å². The summed E-state index contributed by atoms with van der Waals surface area (Å²) in [4.78, 5) is 0. The number of hydrogen-bond acceptors (Lipinski definition) is 2. The van der Waals surface area contributed by atoms with Crippen LogP contribution in [0.15, 0.2) is 121 Å². The molecule has 35 heavy (non-hydrogen) atoms. The van der Waals surface area contributed by atoms with E-state index >= 15 is 0 Å². The third-order valence-electron chi connectivity index (χ3n) is 7.64. The third-order valence-corrected chi connectivity index (χ3v) is 12.4. The molecule has 4 aromatic rings. The smallest absolute Gasteiger partial charge is 0.103 e. The summed E-state index contributed by atoms with van der Waals surface area (Å²) < 4.78 is 12.7. The van der Waals surface area contributed by atoms with Crippen LogP contribution in [0.25, 0.3) is 0 Å². The Bertz CT molecular complexity index is 1090. The van der Waals surface area contributed by atoms with Gasteiger partial charge in [0.2, 0.25) is 0 Å². The lowest BCUT2D eigenvalue weighted by Gasteiger charge is -2.55. The Morgan fingerprint density at radius 1 is 0.686 bits per heavy atom. The predicted molar refractivity (Wildman–Crippen MR) is 146 cm³/mol. The average Bonchev–Trinajstić information content (AvgIpc) is 2.88. The maximum Gasteiger partial charge on any atom is 0.103 e. The van der Waals surface area contributed by atoms with Gasteiger partial charge in [-0.1, -0.05) is 134 Å². The van der Waals surface area contributed by atoms with Crippen molar-refractivity contribution < 1.29 is 9.47 Å². The first-order chi connectivity index (χ1) is 17.1. The normalized spacial score (nSPS) is 18.1. The van der Waals surface area contributed by atoms with Crippen molar-refractivity contribution in [3.63, 3.8) is 0 Å². The first-order valence-corrected chi connectivity index (χ1v) is 15.6. The van der Waals surface area contributed by atoms with Gasteiger partial charge in [0, 0.05) is 5.04 Å². The predicted octanol–water partition coefficient (Wildman–Crippen LogP) is 7.18. The number of ether oxygens (including phenoxy) is 2. The molecule has 0 unspecified atom stereocenters. The van der Waals surface area contributed by atoms with Crippen LogP contribution in [0.5, 0.6) is 0 Å². The van der Waals surface area contributed by atoms with Crippen molar-refractivity contribution in [2.75, 3.05) is 6.61 Å². The monoisotopic (exact) mass is 478 g/mol. The maximum atomic E-state index is 6.65. The molecule has 2 nitrogen and oxygen atoms in total. The second-order valence-corrected chi connectivity index (χ2v) is 14.9. The molecular formula is C32H34O2Si. The molecule has 178 valence electrons. The molecule has 0 aliphatic carbocycles. The fraction of sp³-hybridized carbons (Fsp3) is 0.250. The van der Waals surface area contributed by atoms with Gasteiger partial charge in [0.25, 0.3) is 0 Å². The summed E-state index contributed by atoms with van der Waals surface area (Å²) >= 11 is 0. The zero-order valence-corrected chi connectivity index (χ0v) is 21.6. The van der Waals surface area contributed by atoms with Gasteiger partial charge in [-0.15, -0.1) is 0 Å². The van der Waals surface area contributed by atoms with Crippen molar-refractivity contribution in [2.24, 2.45) is 0 Å². The Balaban J connectivity index is 1.45. The van der Waals surface area contributed by atoms with Crippen molar-refractivity contribution in [2.45, 2.75) is 43.0 Å². The van der Waals surface area contributed by atoms with E-state index in [4.69, 9.17) is 9.47 Å². The van der Waals surface area contributed by atoms with Crippen LogP contribution in [-0.4, -0.2) is 26.5 Å². The van der Waals surface area contributed by atoms with Gasteiger partial charge in [0.15, 0.2) is 0 Å². The molecule has 0 radical (unpaired) electrons. The van der Waals surface area contributed by atoms with Crippen LogP contribution in [0, 0.1) is 0 Å². The average molecular weight is 479 g/mol. The van der Waals surface area contributed by atoms with Gasteiger partial charge < -0.3 is 9.47 Å². The van der Waals surface area contributed by atoms with Crippen molar-refractivity contribution in [1.29, 1.82) is 0 Å². The molecule has 2 atom stereocenters. The van der Waals surface area contributed by atoms with Crippen LogP contribution in [0.4, 0.5) is 0 Å². The Hall–Kier alpha value is -2.98. The van der Waals surface area contributed by atoms with Gasteiger partial charge in [0.1, 0.15) is 8.07 Å². The van der Waals surface area contributed by atoms with Crippen molar-refractivity contribution >= 4 is 8.07 Å². The highest BCUT2D eigenvalue weighted by atomic mass is 28.3.